The van der Waals surface area contributed by atoms with Crippen molar-refractivity contribution in [3.63, 3.8) is 0 Å². The molecule has 0 unspecified atom stereocenters. The summed E-state index contributed by atoms with van der Waals surface area (Å²) in [4.78, 5) is 2.14. The lowest BCUT2D eigenvalue weighted by atomic mass is 10.1. The van der Waals surface area contributed by atoms with Crippen LogP contribution in [-0.2, 0) is 6.54 Å². The number of benzene rings is 1. The number of likely N-dealkylation sites (tertiary alicyclic amines) is 1. The lowest BCUT2D eigenvalue weighted by molar-refractivity contribution is 0.142. The molecular weight excluding hydrogens is 203 g/mol. The normalized spacial score (nSPS) is 18.2. The molecule has 0 bridgehead atoms. The summed E-state index contributed by atoms with van der Waals surface area (Å²) in [7, 11) is 0. The largest absolute Gasteiger partial charge is 0.325 e. The third-order valence-corrected chi connectivity index (χ3v) is 2.76. The maximum Gasteiger partial charge on any atom is 0.123 e. The molecule has 1 aromatic rings. The standard InChI is InChI=1S/C10H12ClFN2/c11-10-2-1-8(12)3-7(10)4-14-5-9(13)6-14/h1-3,9H,4-6,13H2. The summed E-state index contributed by atoms with van der Waals surface area (Å²) in [5, 5.41) is 0.617. The highest BCUT2D eigenvalue weighted by Gasteiger charge is 2.23. The maximum atomic E-state index is 12.9. The van der Waals surface area contributed by atoms with Gasteiger partial charge in [0.2, 0.25) is 0 Å². The van der Waals surface area contributed by atoms with E-state index in [1.54, 1.807) is 6.07 Å². The second-order valence-corrected chi connectivity index (χ2v) is 4.10. The molecule has 0 saturated carbocycles. The summed E-state index contributed by atoms with van der Waals surface area (Å²) in [5.74, 6) is -0.241. The summed E-state index contributed by atoms with van der Waals surface area (Å²) >= 11 is 5.93. The van der Waals surface area contributed by atoms with Crippen LogP contribution in [0.5, 0.6) is 0 Å². The Bertz CT molecular complexity index is 337. The van der Waals surface area contributed by atoms with Crippen molar-refractivity contribution >= 4 is 11.6 Å². The lowest BCUT2D eigenvalue weighted by Crippen LogP contribution is -2.54. The van der Waals surface area contributed by atoms with Gasteiger partial charge < -0.3 is 5.73 Å². The highest BCUT2D eigenvalue weighted by atomic mass is 35.5. The summed E-state index contributed by atoms with van der Waals surface area (Å²) in [6.45, 7) is 2.42. The Morgan fingerprint density at radius 3 is 2.86 bits per heavy atom. The fourth-order valence-electron chi connectivity index (χ4n) is 1.64. The van der Waals surface area contributed by atoms with Crippen molar-refractivity contribution in [2.24, 2.45) is 5.73 Å². The van der Waals surface area contributed by atoms with Gasteiger partial charge in [0.05, 0.1) is 0 Å². The molecule has 2 nitrogen and oxygen atoms in total. The number of nitrogens with zero attached hydrogens (tertiary/aromatic N) is 1. The predicted molar refractivity (Wildman–Crippen MR) is 54.7 cm³/mol. The van der Waals surface area contributed by atoms with Crippen molar-refractivity contribution in [1.82, 2.24) is 4.90 Å². The van der Waals surface area contributed by atoms with Crippen LogP contribution in [0.25, 0.3) is 0 Å². The Balaban J connectivity index is 2.05. The van der Waals surface area contributed by atoms with Crippen LogP contribution in [0.2, 0.25) is 5.02 Å². The van der Waals surface area contributed by atoms with Gasteiger partial charge in [-0.3, -0.25) is 4.90 Å². The zero-order valence-corrected chi connectivity index (χ0v) is 8.47. The monoisotopic (exact) mass is 214 g/mol. The van der Waals surface area contributed by atoms with Crippen molar-refractivity contribution < 1.29 is 4.39 Å². The first-order valence-corrected chi connectivity index (χ1v) is 4.95. The molecule has 0 atom stereocenters. The molecular formula is C10H12ClFN2. The molecule has 1 aliphatic heterocycles. The second-order valence-electron chi connectivity index (χ2n) is 3.69. The fourth-order valence-corrected chi connectivity index (χ4v) is 1.82. The molecule has 4 heteroatoms. The highest BCUT2D eigenvalue weighted by molar-refractivity contribution is 6.31. The summed E-state index contributed by atoms with van der Waals surface area (Å²) in [5.41, 5.74) is 6.47. The van der Waals surface area contributed by atoms with Crippen LogP contribution in [0.4, 0.5) is 4.39 Å². The van der Waals surface area contributed by atoms with E-state index in [9.17, 15) is 4.39 Å². The van der Waals surface area contributed by atoms with Crippen LogP contribution >= 0.6 is 11.6 Å². The molecule has 2 rings (SSSR count). The molecule has 2 N–H and O–H groups in total. The molecule has 0 radical (unpaired) electrons. The minimum absolute atomic E-state index is 0.241. The molecule has 0 spiro atoms. The van der Waals surface area contributed by atoms with Crippen LogP contribution in [0.3, 0.4) is 0 Å². The van der Waals surface area contributed by atoms with Gasteiger partial charge in [0.1, 0.15) is 5.82 Å². The third-order valence-electron chi connectivity index (χ3n) is 2.39. The van der Waals surface area contributed by atoms with E-state index in [-0.39, 0.29) is 11.9 Å². The molecule has 0 aliphatic carbocycles. The number of halogens is 2. The zero-order chi connectivity index (χ0) is 10.1. The molecule has 0 amide bonds. The molecule has 1 heterocycles. The van der Waals surface area contributed by atoms with Gasteiger partial charge in [-0.15, -0.1) is 0 Å². The van der Waals surface area contributed by atoms with Crippen molar-refractivity contribution in [3.8, 4) is 0 Å². The van der Waals surface area contributed by atoms with Crippen LogP contribution < -0.4 is 5.73 Å². The third kappa shape index (κ3) is 2.05. The van der Waals surface area contributed by atoms with Crippen LogP contribution in [-0.4, -0.2) is 24.0 Å². The molecule has 0 aromatic heterocycles. The second kappa shape index (κ2) is 3.85. The Morgan fingerprint density at radius 2 is 2.21 bits per heavy atom. The highest BCUT2D eigenvalue weighted by Crippen LogP contribution is 2.20. The van der Waals surface area contributed by atoms with E-state index in [0.29, 0.717) is 11.6 Å². The average Bonchev–Trinajstić information content (AvgIpc) is 2.09. The van der Waals surface area contributed by atoms with Crippen molar-refractivity contribution in [2.75, 3.05) is 13.1 Å². The number of nitrogens with two attached hydrogens (primary N) is 1. The van der Waals surface area contributed by atoms with E-state index in [1.807, 2.05) is 0 Å². The summed E-state index contributed by atoms with van der Waals surface area (Å²) in [6.07, 6.45) is 0. The lowest BCUT2D eigenvalue weighted by Gasteiger charge is -2.36. The first kappa shape index (κ1) is 9.90. The zero-order valence-electron chi connectivity index (χ0n) is 7.71. The maximum absolute atomic E-state index is 12.9. The SMILES string of the molecule is NC1CN(Cc2cc(F)ccc2Cl)C1. The minimum Gasteiger partial charge on any atom is -0.325 e. The minimum atomic E-state index is -0.241. The molecule has 76 valence electrons. The Hall–Kier alpha value is -0.640. The molecule has 1 saturated heterocycles. The van der Waals surface area contributed by atoms with Crippen LogP contribution in [0.15, 0.2) is 18.2 Å². The van der Waals surface area contributed by atoms with E-state index >= 15 is 0 Å². The van der Waals surface area contributed by atoms with E-state index in [4.69, 9.17) is 17.3 Å². The van der Waals surface area contributed by atoms with Gasteiger partial charge in [-0.2, -0.15) is 0 Å². The Morgan fingerprint density at radius 1 is 1.50 bits per heavy atom. The predicted octanol–water partition coefficient (Wildman–Crippen LogP) is 1.62. The number of hydrogen-bond acceptors (Lipinski definition) is 2. The molecule has 1 fully saturated rings. The summed E-state index contributed by atoms with van der Waals surface area (Å²) < 4.78 is 12.9. The van der Waals surface area contributed by atoms with E-state index < -0.39 is 0 Å². The van der Waals surface area contributed by atoms with E-state index in [2.05, 4.69) is 4.90 Å². The van der Waals surface area contributed by atoms with Crippen molar-refractivity contribution in [2.45, 2.75) is 12.6 Å². The first-order chi connectivity index (χ1) is 6.65. The quantitative estimate of drug-likeness (QED) is 0.811. The van der Waals surface area contributed by atoms with Gasteiger partial charge in [0, 0.05) is 30.7 Å². The van der Waals surface area contributed by atoms with Gasteiger partial charge in [-0.05, 0) is 23.8 Å². The molecule has 1 aromatic carbocycles. The van der Waals surface area contributed by atoms with Gasteiger partial charge in [0.15, 0.2) is 0 Å². The summed E-state index contributed by atoms with van der Waals surface area (Å²) in [6, 6.07) is 4.70. The van der Waals surface area contributed by atoms with Crippen molar-refractivity contribution in [3.05, 3.63) is 34.6 Å². The van der Waals surface area contributed by atoms with Gasteiger partial charge in [-0.25, -0.2) is 4.39 Å². The van der Waals surface area contributed by atoms with Gasteiger partial charge in [-0.1, -0.05) is 11.6 Å². The number of rotatable bonds is 2. The first-order valence-electron chi connectivity index (χ1n) is 4.57. The van der Waals surface area contributed by atoms with Gasteiger partial charge >= 0.3 is 0 Å². The van der Waals surface area contributed by atoms with Crippen LogP contribution in [0, 0.1) is 5.82 Å². The smallest absolute Gasteiger partial charge is 0.123 e. The van der Waals surface area contributed by atoms with Crippen LogP contribution in [0.1, 0.15) is 5.56 Å². The number of hydrogen-bond donors (Lipinski definition) is 1. The Labute approximate surface area is 87.5 Å². The fraction of sp³-hybridized carbons (Fsp3) is 0.400. The molecule has 14 heavy (non-hydrogen) atoms. The van der Waals surface area contributed by atoms with Crippen molar-refractivity contribution in [1.29, 1.82) is 0 Å². The topological polar surface area (TPSA) is 29.3 Å². The Kier molecular flexibility index (Phi) is 2.72. The van der Waals surface area contributed by atoms with E-state index in [1.165, 1.54) is 12.1 Å². The van der Waals surface area contributed by atoms with E-state index in [0.717, 1.165) is 18.7 Å². The van der Waals surface area contributed by atoms with Gasteiger partial charge in [0.25, 0.3) is 0 Å². The average molecular weight is 215 g/mol. The molecule has 1 aliphatic rings.